The molecule has 1 aliphatic rings. The second-order valence-electron chi connectivity index (χ2n) is 6.24. The number of carbonyl (C=O) groups excluding carboxylic acids is 3. The van der Waals surface area contributed by atoms with Gasteiger partial charge in [-0.2, -0.15) is 0 Å². The minimum atomic E-state index is -1.24. The molecule has 0 spiro atoms. The van der Waals surface area contributed by atoms with Crippen LogP contribution in [0.15, 0.2) is 48.5 Å². The number of carbonyl (C=O) groups is 3. The standard InChI is InChI=1S/C20H19FN2O4/c1-3-20(14-7-9-16(27-2)10-8-14)18(25)23(19(26)22-20)12-17(24)13-5-4-6-15(21)11-13/h4-11H,3,12H2,1-2H3,(H,22,26)/t20-/m1/s1. The molecule has 0 radical (unpaired) electrons. The lowest BCUT2D eigenvalue weighted by Crippen LogP contribution is -2.43. The number of nitrogens with one attached hydrogen (secondary N) is 1. The summed E-state index contributed by atoms with van der Waals surface area (Å²) >= 11 is 0. The molecule has 7 heteroatoms. The molecule has 0 aromatic heterocycles. The Morgan fingerprint density at radius 2 is 1.89 bits per heavy atom. The van der Waals surface area contributed by atoms with Gasteiger partial charge in [0, 0.05) is 5.56 Å². The van der Waals surface area contributed by atoms with Gasteiger partial charge in [-0.05, 0) is 36.2 Å². The molecule has 2 aromatic carbocycles. The highest BCUT2D eigenvalue weighted by Gasteiger charge is 2.51. The number of Topliss-reactive ketones (excluding diaryl/α,β-unsaturated/α-hetero) is 1. The van der Waals surface area contributed by atoms with Crippen molar-refractivity contribution in [3.8, 4) is 5.75 Å². The van der Waals surface area contributed by atoms with Crippen molar-refractivity contribution in [2.75, 3.05) is 13.7 Å². The molecule has 3 amide bonds. The number of benzene rings is 2. The van der Waals surface area contributed by atoms with Crippen LogP contribution in [0.3, 0.4) is 0 Å². The smallest absolute Gasteiger partial charge is 0.325 e. The van der Waals surface area contributed by atoms with Crippen LogP contribution < -0.4 is 10.1 Å². The van der Waals surface area contributed by atoms with Crippen molar-refractivity contribution < 1.29 is 23.5 Å². The van der Waals surface area contributed by atoms with E-state index in [2.05, 4.69) is 5.32 Å². The fraction of sp³-hybridized carbons (Fsp3) is 0.250. The van der Waals surface area contributed by atoms with Crippen molar-refractivity contribution in [2.24, 2.45) is 0 Å². The van der Waals surface area contributed by atoms with E-state index in [9.17, 15) is 18.8 Å². The van der Waals surface area contributed by atoms with E-state index in [-0.39, 0.29) is 5.56 Å². The highest BCUT2D eigenvalue weighted by Crippen LogP contribution is 2.33. The van der Waals surface area contributed by atoms with Crippen molar-refractivity contribution >= 4 is 17.7 Å². The third kappa shape index (κ3) is 3.28. The summed E-state index contributed by atoms with van der Waals surface area (Å²) in [6.07, 6.45) is 0.314. The molecule has 1 heterocycles. The van der Waals surface area contributed by atoms with Crippen LogP contribution in [-0.4, -0.2) is 36.3 Å². The summed E-state index contributed by atoms with van der Waals surface area (Å²) in [5, 5.41) is 2.71. The number of ether oxygens (including phenoxy) is 1. The second kappa shape index (κ2) is 7.19. The predicted molar refractivity (Wildman–Crippen MR) is 95.9 cm³/mol. The fourth-order valence-electron chi connectivity index (χ4n) is 3.18. The highest BCUT2D eigenvalue weighted by atomic mass is 19.1. The van der Waals surface area contributed by atoms with Gasteiger partial charge in [-0.25, -0.2) is 9.18 Å². The molecule has 3 rings (SSSR count). The first-order valence-electron chi connectivity index (χ1n) is 8.48. The van der Waals surface area contributed by atoms with Crippen LogP contribution in [0.5, 0.6) is 5.75 Å². The molecule has 1 N–H and O–H groups in total. The van der Waals surface area contributed by atoms with Crippen LogP contribution in [0.4, 0.5) is 9.18 Å². The molecule has 0 saturated carbocycles. The predicted octanol–water partition coefficient (Wildman–Crippen LogP) is 2.87. The molecule has 6 nitrogen and oxygen atoms in total. The first-order valence-corrected chi connectivity index (χ1v) is 8.48. The zero-order valence-corrected chi connectivity index (χ0v) is 15.0. The van der Waals surface area contributed by atoms with Crippen molar-refractivity contribution in [3.63, 3.8) is 0 Å². The number of nitrogens with zero attached hydrogens (tertiary/aromatic N) is 1. The van der Waals surface area contributed by atoms with Gasteiger partial charge in [0.15, 0.2) is 5.78 Å². The molecular formula is C20H19FN2O4. The molecule has 1 fully saturated rings. The Morgan fingerprint density at radius 3 is 2.48 bits per heavy atom. The van der Waals surface area contributed by atoms with Gasteiger partial charge in [0.1, 0.15) is 17.1 Å². The van der Waals surface area contributed by atoms with Gasteiger partial charge < -0.3 is 10.1 Å². The zero-order valence-electron chi connectivity index (χ0n) is 15.0. The van der Waals surface area contributed by atoms with Crippen molar-refractivity contribution in [1.82, 2.24) is 10.2 Å². The quantitative estimate of drug-likeness (QED) is 0.627. The average molecular weight is 370 g/mol. The largest absolute Gasteiger partial charge is 0.497 e. The van der Waals surface area contributed by atoms with E-state index in [0.29, 0.717) is 17.7 Å². The van der Waals surface area contributed by atoms with E-state index >= 15 is 0 Å². The van der Waals surface area contributed by atoms with Gasteiger partial charge >= 0.3 is 6.03 Å². The molecule has 0 aliphatic carbocycles. The van der Waals surface area contributed by atoms with E-state index in [4.69, 9.17) is 4.74 Å². The van der Waals surface area contributed by atoms with E-state index in [1.165, 1.54) is 25.3 Å². The van der Waals surface area contributed by atoms with Gasteiger partial charge in [-0.3, -0.25) is 14.5 Å². The van der Waals surface area contributed by atoms with Gasteiger partial charge in [-0.15, -0.1) is 0 Å². The lowest BCUT2D eigenvalue weighted by atomic mass is 9.87. The number of hydrogen-bond donors (Lipinski definition) is 1. The molecule has 1 saturated heterocycles. The van der Waals surface area contributed by atoms with Crippen LogP contribution in [0.1, 0.15) is 29.3 Å². The van der Waals surface area contributed by atoms with Gasteiger partial charge in [0.25, 0.3) is 5.91 Å². The summed E-state index contributed by atoms with van der Waals surface area (Å²) < 4.78 is 18.5. The Kier molecular flexibility index (Phi) is 4.94. The van der Waals surface area contributed by atoms with E-state index in [1.54, 1.807) is 31.2 Å². The molecule has 140 valence electrons. The molecule has 1 atom stereocenters. The topological polar surface area (TPSA) is 75.7 Å². The summed E-state index contributed by atoms with van der Waals surface area (Å²) in [5.74, 6) is -0.955. The molecule has 0 bridgehead atoms. The van der Waals surface area contributed by atoms with Crippen LogP contribution in [0.2, 0.25) is 0 Å². The molecule has 27 heavy (non-hydrogen) atoms. The first kappa shape index (κ1) is 18.6. The summed E-state index contributed by atoms with van der Waals surface area (Å²) in [4.78, 5) is 38.8. The first-order chi connectivity index (χ1) is 12.9. The highest BCUT2D eigenvalue weighted by molar-refractivity contribution is 6.11. The van der Waals surface area contributed by atoms with E-state index in [0.717, 1.165) is 11.0 Å². The Hall–Kier alpha value is -3.22. The molecule has 2 aromatic rings. The van der Waals surface area contributed by atoms with Crippen molar-refractivity contribution in [3.05, 3.63) is 65.5 Å². The normalized spacial score (nSPS) is 19.1. The van der Waals surface area contributed by atoms with Crippen LogP contribution in [0.25, 0.3) is 0 Å². The van der Waals surface area contributed by atoms with Gasteiger partial charge in [0.05, 0.1) is 13.7 Å². The Labute approximate surface area is 155 Å². The van der Waals surface area contributed by atoms with Crippen LogP contribution >= 0.6 is 0 Å². The van der Waals surface area contributed by atoms with Crippen LogP contribution in [0, 0.1) is 5.82 Å². The lowest BCUT2D eigenvalue weighted by Gasteiger charge is -2.26. The van der Waals surface area contributed by atoms with Crippen LogP contribution in [-0.2, 0) is 10.3 Å². The van der Waals surface area contributed by atoms with Crippen molar-refractivity contribution in [2.45, 2.75) is 18.9 Å². The Bertz CT molecular complexity index is 897. The maximum atomic E-state index is 13.3. The zero-order chi connectivity index (χ0) is 19.6. The molecule has 0 unspecified atom stereocenters. The molecular weight excluding hydrogens is 351 g/mol. The Morgan fingerprint density at radius 1 is 1.19 bits per heavy atom. The fourth-order valence-corrected chi connectivity index (χ4v) is 3.18. The number of ketones is 1. The van der Waals surface area contributed by atoms with E-state index in [1.807, 2.05) is 0 Å². The second-order valence-corrected chi connectivity index (χ2v) is 6.24. The minimum Gasteiger partial charge on any atom is -0.497 e. The number of rotatable bonds is 6. The summed E-state index contributed by atoms with van der Waals surface area (Å²) in [6, 6.07) is 11.3. The minimum absolute atomic E-state index is 0.106. The maximum absolute atomic E-state index is 13.3. The summed E-state index contributed by atoms with van der Waals surface area (Å²) in [5.41, 5.74) is -0.537. The molecule has 1 aliphatic heterocycles. The van der Waals surface area contributed by atoms with Gasteiger partial charge in [0.2, 0.25) is 0 Å². The summed E-state index contributed by atoms with van der Waals surface area (Å²) in [6.45, 7) is 1.33. The number of amides is 3. The lowest BCUT2D eigenvalue weighted by molar-refractivity contribution is -0.131. The Balaban J connectivity index is 1.87. The third-order valence-corrected chi connectivity index (χ3v) is 4.74. The maximum Gasteiger partial charge on any atom is 0.325 e. The average Bonchev–Trinajstić information content (AvgIpc) is 2.93. The number of urea groups is 1. The summed E-state index contributed by atoms with van der Waals surface area (Å²) in [7, 11) is 1.53. The SMILES string of the molecule is CC[C@]1(c2ccc(OC)cc2)NC(=O)N(CC(=O)c2cccc(F)c2)C1=O. The number of hydrogen-bond acceptors (Lipinski definition) is 4. The van der Waals surface area contributed by atoms with Gasteiger partial charge in [-0.1, -0.05) is 31.2 Å². The number of halogens is 1. The number of methoxy groups -OCH3 is 1. The number of imide groups is 1. The third-order valence-electron chi connectivity index (χ3n) is 4.74. The monoisotopic (exact) mass is 370 g/mol. The van der Waals surface area contributed by atoms with Crippen molar-refractivity contribution in [1.29, 1.82) is 0 Å². The van der Waals surface area contributed by atoms with E-state index < -0.39 is 35.6 Å².